The molecule has 1 aromatic carbocycles. The van der Waals surface area contributed by atoms with Crippen LogP contribution in [0.5, 0.6) is 5.75 Å². The molecule has 0 heterocycles. The molecule has 1 rings (SSSR count). The van der Waals surface area contributed by atoms with Crippen LogP contribution in [0.1, 0.15) is 25.8 Å². The number of nitrogens with one attached hydrogen (secondary N) is 1. The lowest BCUT2D eigenvalue weighted by atomic mass is 10.1. The molecule has 0 spiro atoms. The molecule has 1 N–H and O–H groups in total. The largest absolute Gasteiger partial charge is 0.492 e. The molecule has 0 saturated heterocycles. The van der Waals surface area contributed by atoms with Crippen LogP contribution in [-0.2, 0) is 6.54 Å². The second kappa shape index (κ2) is 7.73. The summed E-state index contributed by atoms with van der Waals surface area (Å²) in [6.45, 7) is 6.20. The monoisotopic (exact) mass is 249 g/mol. The molecule has 0 unspecified atom stereocenters. The third kappa shape index (κ3) is 5.20. The molecule has 0 amide bonds. The summed E-state index contributed by atoms with van der Waals surface area (Å²) in [5.74, 6) is 3.52. The quantitative estimate of drug-likeness (QED) is 0.592. The summed E-state index contributed by atoms with van der Waals surface area (Å²) in [6, 6.07) is 4.55. The molecule has 2 nitrogen and oxygen atoms in total. The van der Waals surface area contributed by atoms with E-state index in [-0.39, 0.29) is 5.82 Å². The number of terminal acetylenes is 1. The first-order valence-electron chi connectivity index (χ1n) is 6.19. The highest BCUT2D eigenvalue weighted by Crippen LogP contribution is 2.19. The van der Waals surface area contributed by atoms with Gasteiger partial charge in [-0.05, 0) is 30.7 Å². The van der Waals surface area contributed by atoms with Gasteiger partial charge in [0.25, 0.3) is 0 Å². The van der Waals surface area contributed by atoms with Crippen molar-refractivity contribution in [2.75, 3.05) is 13.2 Å². The van der Waals surface area contributed by atoms with Gasteiger partial charge in [-0.25, -0.2) is 4.39 Å². The van der Waals surface area contributed by atoms with Crippen LogP contribution in [0.15, 0.2) is 18.2 Å². The molecule has 0 aliphatic heterocycles. The minimum absolute atomic E-state index is 0.249. The highest BCUT2D eigenvalue weighted by atomic mass is 19.1. The summed E-state index contributed by atoms with van der Waals surface area (Å²) in [5, 5.41) is 3.27. The Morgan fingerprint density at radius 1 is 1.44 bits per heavy atom. The summed E-state index contributed by atoms with van der Waals surface area (Å²) in [4.78, 5) is 0. The second-order valence-corrected chi connectivity index (χ2v) is 4.58. The maximum atomic E-state index is 13.2. The standard InChI is InChI=1S/C15H20FNO/c1-4-5-8-18-15-7-6-14(16)9-13(15)11-17-10-12(2)3/h1,6-7,9,12,17H,5,8,10-11H2,2-3H3. The van der Waals surface area contributed by atoms with Crippen LogP contribution in [0, 0.1) is 24.1 Å². The molecule has 3 heteroatoms. The summed E-state index contributed by atoms with van der Waals surface area (Å²) in [6.07, 6.45) is 5.72. The van der Waals surface area contributed by atoms with E-state index in [0.717, 1.165) is 12.1 Å². The smallest absolute Gasteiger partial charge is 0.124 e. The van der Waals surface area contributed by atoms with Crippen LogP contribution >= 0.6 is 0 Å². The highest BCUT2D eigenvalue weighted by Gasteiger charge is 2.05. The van der Waals surface area contributed by atoms with Crippen molar-refractivity contribution in [3.63, 3.8) is 0 Å². The predicted octanol–water partition coefficient (Wildman–Crippen LogP) is 2.97. The van der Waals surface area contributed by atoms with Gasteiger partial charge in [0, 0.05) is 18.5 Å². The topological polar surface area (TPSA) is 21.3 Å². The van der Waals surface area contributed by atoms with E-state index in [1.54, 1.807) is 6.07 Å². The van der Waals surface area contributed by atoms with Crippen LogP contribution in [0.2, 0.25) is 0 Å². The Morgan fingerprint density at radius 3 is 2.89 bits per heavy atom. The maximum Gasteiger partial charge on any atom is 0.124 e. The molecule has 0 fully saturated rings. The summed E-state index contributed by atoms with van der Waals surface area (Å²) in [7, 11) is 0. The van der Waals surface area contributed by atoms with Crippen LogP contribution in [-0.4, -0.2) is 13.2 Å². The van der Waals surface area contributed by atoms with Gasteiger partial charge < -0.3 is 10.1 Å². The second-order valence-electron chi connectivity index (χ2n) is 4.58. The number of halogens is 1. The van der Waals surface area contributed by atoms with Crippen molar-refractivity contribution in [3.05, 3.63) is 29.6 Å². The van der Waals surface area contributed by atoms with Crippen molar-refractivity contribution in [1.29, 1.82) is 0 Å². The fraction of sp³-hybridized carbons (Fsp3) is 0.467. The number of hydrogen-bond donors (Lipinski definition) is 1. The molecule has 0 aliphatic carbocycles. The molecule has 0 saturated carbocycles. The van der Waals surface area contributed by atoms with E-state index < -0.39 is 0 Å². The number of benzene rings is 1. The molecule has 98 valence electrons. The lowest BCUT2D eigenvalue weighted by Crippen LogP contribution is -2.19. The summed E-state index contributed by atoms with van der Waals surface area (Å²) >= 11 is 0. The van der Waals surface area contributed by atoms with Crippen molar-refractivity contribution >= 4 is 0 Å². The zero-order valence-electron chi connectivity index (χ0n) is 11.0. The molecule has 1 aromatic rings. The van der Waals surface area contributed by atoms with E-state index in [9.17, 15) is 4.39 Å². The lowest BCUT2D eigenvalue weighted by molar-refractivity contribution is 0.322. The first kappa shape index (κ1) is 14.5. The van der Waals surface area contributed by atoms with Crippen molar-refractivity contribution in [2.24, 2.45) is 5.92 Å². The summed E-state index contributed by atoms with van der Waals surface area (Å²) in [5.41, 5.74) is 0.827. The number of hydrogen-bond acceptors (Lipinski definition) is 2. The first-order chi connectivity index (χ1) is 8.63. The van der Waals surface area contributed by atoms with Gasteiger partial charge in [0.15, 0.2) is 0 Å². The van der Waals surface area contributed by atoms with Crippen molar-refractivity contribution < 1.29 is 9.13 Å². The Morgan fingerprint density at radius 2 is 2.22 bits per heavy atom. The van der Waals surface area contributed by atoms with Crippen LogP contribution in [0.25, 0.3) is 0 Å². The predicted molar refractivity (Wildman–Crippen MR) is 71.9 cm³/mol. The molecule has 0 radical (unpaired) electrons. The van der Waals surface area contributed by atoms with Crippen LogP contribution in [0.4, 0.5) is 4.39 Å². The van der Waals surface area contributed by atoms with Crippen LogP contribution < -0.4 is 10.1 Å². The van der Waals surface area contributed by atoms with Crippen molar-refractivity contribution in [1.82, 2.24) is 5.32 Å². The van der Waals surface area contributed by atoms with Gasteiger partial charge >= 0.3 is 0 Å². The Hall–Kier alpha value is -1.53. The maximum absolute atomic E-state index is 13.2. The summed E-state index contributed by atoms with van der Waals surface area (Å²) < 4.78 is 18.7. The van der Waals surface area contributed by atoms with E-state index in [0.29, 0.717) is 31.2 Å². The lowest BCUT2D eigenvalue weighted by Gasteiger charge is -2.12. The van der Waals surface area contributed by atoms with Gasteiger partial charge in [-0.3, -0.25) is 0 Å². The van der Waals surface area contributed by atoms with Gasteiger partial charge in [0.05, 0.1) is 6.61 Å². The van der Waals surface area contributed by atoms with Gasteiger partial charge in [0.2, 0.25) is 0 Å². The fourth-order valence-electron chi connectivity index (χ4n) is 1.54. The molecular weight excluding hydrogens is 229 g/mol. The molecule has 0 atom stereocenters. The fourth-order valence-corrected chi connectivity index (χ4v) is 1.54. The van der Waals surface area contributed by atoms with Gasteiger partial charge in [-0.2, -0.15) is 0 Å². The van der Waals surface area contributed by atoms with E-state index in [4.69, 9.17) is 11.2 Å². The molecular formula is C15H20FNO. The molecule has 0 aromatic heterocycles. The highest BCUT2D eigenvalue weighted by molar-refractivity contribution is 5.34. The normalized spacial score (nSPS) is 10.4. The molecule has 0 aliphatic rings. The van der Waals surface area contributed by atoms with E-state index in [1.165, 1.54) is 12.1 Å². The first-order valence-corrected chi connectivity index (χ1v) is 6.19. The number of ether oxygens (including phenoxy) is 1. The van der Waals surface area contributed by atoms with Crippen molar-refractivity contribution in [2.45, 2.75) is 26.8 Å². The third-order valence-corrected chi connectivity index (χ3v) is 2.39. The Kier molecular flexibility index (Phi) is 6.24. The zero-order valence-corrected chi connectivity index (χ0v) is 11.0. The average Bonchev–Trinajstić information content (AvgIpc) is 2.31. The number of rotatable bonds is 7. The van der Waals surface area contributed by atoms with Crippen LogP contribution in [0.3, 0.4) is 0 Å². The van der Waals surface area contributed by atoms with Gasteiger partial charge in [-0.1, -0.05) is 13.8 Å². The SMILES string of the molecule is C#CCCOc1ccc(F)cc1CNCC(C)C. The Balaban J connectivity index is 2.62. The minimum atomic E-state index is -0.249. The van der Waals surface area contributed by atoms with E-state index in [2.05, 4.69) is 25.1 Å². The Labute approximate surface area is 109 Å². The Bertz CT molecular complexity index is 409. The van der Waals surface area contributed by atoms with Crippen molar-refractivity contribution in [3.8, 4) is 18.1 Å². The zero-order chi connectivity index (χ0) is 13.4. The molecule has 0 bridgehead atoms. The molecule has 18 heavy (non-hydrogen) atoms. The van der Waals surface area contributed by atoms with Gasteiger partial charge in [0.1, 0.15) is 11.6 Å². The van der Waals surface area contributed by atoms with E-state index in [1.807, 2.05) is 0 Å². The third-order valence-electron chi connectivity index (χ3n) is 2.39. The van der Waals surface area contributed by atoms with E-state index >= 15 is 0 Å². The minimum Gasteiger partial charge on any atom is -0.492 e. The van der Waals surface area contributed by atoms with Gasteiger partial charge in [-0.15, -0.1) is 12.3 Å². The average molecular weight is 249 g/mol.